The number of aliphatic carboxylic acids is 1. The van der Waals surface area contributed by atoms with Gasteiger partial charge in [0.15, 0.2) is 0 Å². The topological polar surface area (TPSA) is 59.4 Å². The molecule has 3 rings (SSSR count). The molecule has 1 atom stereocenters. The van der Waals surface area contributed by atoms with Gasteiger partial charge < -0.3 is 9.84 Å². The first kappa shape index (κ1) is 12.2. The number of carboxylic acid groups (broad SMARTS) is 1. The molecule has 1 aliphatic rings. The fraction of sp³-hybridized carbons (Fsp3) is 0.143. The van der Waals surface area contributed by atoms with Crippen molar-refractivity contribution in [1.29, 1.82) is 0 Å². The lowest BCUT2D eigenvalue weighted by Crippen LogP contribution is -2.40. The molecule has 1 aromatic carbocycles. The molecule has 0 saturated heterocycles. The Kier molecular flexibility index (Phi) is 2.78. The minimum absolute atomic E-state index is 0.260. The number of benzene rings is 1. The van der Waals surface area contributed by atoms with Gasteiger partial charge >= 0.3 is 5.97 Å². The molecule has 0 bridgehead atoms. The lowest BCUT2D eigenvalue weighted by atomic mass is 9.89. The summed E-state index contributed by atoms with van der Waals surface area (Å²) < 4.78 is 6.50. The second-order valence-corrected chi connectivity index (χ2v) is 5.21. The first-order valence-corrected chi connectivity index (χ1v) is 6.54. The van der Waals surface area contributed by atoms with E-state index in [9.17, 15) is 9.90 Å². The van der Waals surface area contributed by atoms with Crippen molar-refractivity contribution in [2.75, 3.05) is 0 Å². The molecule has 0 radical (unpaired) electrons. The van der Waals surface area contributed by atoms with Gasteiger partial charge in [-0.25, -0.2) is 9.78 Å². The standard InChI is InChI=1S/C14H10BrNO3/c15-11-6-7-16-12-10(11)8-14(19-12,13(17)18)9-4-2-1-3-5-9/h1-7H,8H2,(H,17,18)/t14-/m0/s1. The van der Waals surface area contributed by atoms with Gasteiger partial charge in [-0.1, -0.05) is 46.3 Å². The fourth-order valence-corrected chi connectivity index (χ4v) is 2.69. The van der Waals surface area contributed by atoms with Crippen LogP contribution >= 0.6 is 15.9 Å². The molecule has 0 saturated carbocycles. The van der Waals surface area contributed by atoms with Gasteiger partial charge in [0.2, 0.25) is 11.5 Å². The van der Waals surface area contributed by atoms with Crippen LogP contribution in [0.5, 0.6) is 5.88 Å². The van der Waals surface area contributed by atoms with E-state index in [4.69, 9.17) is 4.74 Å². The van der Waals surface area contributed by atoms with Gasteiger partial charge in [0, 0.05) is 28.2 Å². The minimum atomic E-state index is -1.39. The smallest absolute Gasteiger partial charge is 0.353 e. The number of halogens is 1. The van der Waals surface area contributed by atoms with E-state index in [0.717, 1.165) is 10.0 Å². The molecule has 96 valence electrons. The third kappa shape index (κ3) is 1.81. The van der Waals surface area contributed by atoms with Crippen LogP contribution in [0.4, 0.5) is 0 Å². The third-order valence-corrected chi connectivity index (χ3v) is 3.98. The fourth-order valence-electron chi connectivity index (χ4n) is 2.26. The molecule has 0 amide bonds. The van der Waals surface area contributed by atoms with E-state index in [1.165, 1.54) is 0 Å². The predicted molar refractivity (Wildman–Crippen MR) is 72.0 cm³/mol. The first-order chi connectivity index (χ1) is 9.13. The quantitative estimate of drug-likeness (QED) is 0.924. The predicted octanol–water partition coefficient (Wildman–Crippen LogP) is 2.76. The van der Waals surface area contributed by atoms with Crippen molar-refractivity contribution in [3.63, 3.8) is 0 Å². The van der Waals surface area contributed by atoms with Crippen LogP contribution in [0, 0.1) is 0 Å². The van der Waals surface area contributed by atoms with Crippen LogP contribution in [-0.2, 0) is 16.8 Å². The van der Waals surface area contributed by atoms with Gasteiger partial charge in [0.05, 0.1) is 0 Å². The summed E-state index contributed by atoms with van der Waals surface area (Å²) in [5.41, 5.74) is 0.0154. The molecule has 1 N–H and O–H groups in total. The van der Waals surface area contributed by atoms with Crippen molar-refractivity contribution in [3.05, 3.63) is 58.2 Å². The Morgan fingerprint density at radius 2 is 2.05 bits per heavy atom. The Balaban J connectivity index is 2.13. The van der Waals surface area contributed by atoms with E-state index in [-0.39, 0.29) is 6.42 Å². The number of ether oxygens (including phenoxy) is 1. The summed E-state index contributed by atoms with van der Waals surface area (Å²) in [5, 5.41) is 9.61. The van der Waals surface area contributed by atoms with Crippen molar-refractivity contribution >= 4 is 21.9 Å². The summed E-state index contributed by atoms with van der Waals surface area (Å²) in [7, 11) is 0. The highest BCUT2D eigenvalue weighted by molar-refractivity contribution is 9.10. The highest BCUT2D eigenvalue weighted by atomic mass is 79.9. The number of hydrogen-bond donors (Lipinski definition) is 1. The zero-order valence-corrected chi connectivity index (χ0v) is 11.4. The van der Waals surface area contributed by atoms with Crippen LogP contribution < -0.4 is 4.74 Å². The number of fused-ring (bicyclic) bond motifs is 1. The van der Waals surface area contributed by atoms with Gasteiger partial charge in [-0.05, 0) is 6.07 Å². The molecular formula is C14H10BrNO3. The van der Waals surface area contributed by atoms with Crippen LogP contribution in [-0.4, -0.2) is 16.1 Å². The Morgan fingerprint density at radius 1 is 1.32 bits per heavy atom. The number of rotatable bonds is 2. The van der Waals surface area contributed by atoms with Crippen molar-refractivity contribution in [2.24, 2.45) is 0 Å². The third-order valence-electron chi connectivity index (χ3n) is 3.24. The SMILES string of the molecule is O=C(O)[C@@]1(c2ccccc2)Cc2c(Br)ccnc2O1. The maximum atomic E-state index is 11.7. The molecule has 4 nitrogen and oxygen atoms in total. The maximum Gasteiger partial charge on any atom is 0.353 e. The second kappa shape index (κ2) is 4.35. The number of aromatic nitrogens is 1. The second-order valence-electron chi connectivity index (χ2n) is 4.35. The summed E-state index contributed by atoms with van der Waals surface area (Å²) >= 11 is 3.41. The number of pyridine rings is 1. The van der Waals surface area contributed by atoms with Crippen molar-refractivity contribution in [1.82, 2.24) is 4.98 Å². The highest BCUT2D eigenvalue weighted by Crippen LogP contribution is 2.43. The molecule has 0 aliphatic carbocycles. The van der Waals surface area contributed by atoms with E-state index in [1.54, 1.807) is 36.5 Å². The number of nitrogens with zero attached hydrogens (tertiary/aromatic N) is 1. The van der Waals surface area contributed by atoms with Crippen molar-refractivity contribution in [2.45, 2.75) is 12.0 Å². The minimum Gasteiger partial charge on any atom is -0.478 e. The monoisotopic (exact) mass is 319 g/mol. The Hall–Kier alpha value is -1.88. The normalized spacial score (nSPS) is 20.7. The summed E-state index contributed by atoms with van der Waals surface area (Å²) in [6.07, 6.45) is 1.85. The summed E-state index contributed by atoms with van der Waals surface area (Å²) in [4.78, 5) is 15.8. The molecule has 1 aromatic heterocycles. The van der Waals surface area contributed by atoms with Gasteiger partial charge in [-0.3, -0.25) is 0 Å². The molecule has 0 fully saturated rings. The molecule has 0 spiro atoms. The molecule has 2 aromatic rings. The van der Waals surface area contributed by atoms with E-state index >= 15 is 0 Å². The lowest BCUT2D eigenvalue weighted by Gasteiger charge is -2.23. The van der Waals surface area contributed by atoms with Crippen molar-refractivity contribution in [3.8, 4) is 5.88 Å². The Labute approximate surface area is 118 Å². The number of hydrogen-bond acceptors (Lipinski definition) is 3. The largest absolute Gasteiger partial charge is 0.478 e. The van der Waals surface area contributed by atoms with Crippen LogP contribution in [0.25, 0.3) is 0 Å². The van der Waals surface area contributed by atoms with E-state index in [0.29, 0.717) is 11.4 Å². The summed E-state index contributed by atoms with van der Waals surface area (Å²) in [5.74, 6) is -0.635. The molecule has 19 heavy (non-hydrogen) atoms. The van der Waals surface area contributed by atoms with Gasteiger partial charge in [-0.15, -0.1) is 0 Å². The van der Waals surface area contributed by atoms with Crippen molar-refractivity contribution < 1.29 is 14.6 Å². The zero-order valence-electron chi connectivity index (χ0n) is 9.84. The van der Waals surface area contributed by atoms with Crippen LogP contribution in [0.15, 0.2) is 47.1 Å². The van der Waals surface area contributed by atoms with Gasteiger partial charge in [0.25, 0.3) is 0 Å². The zero-order chi connectivity index (χ0) is 13.5. The van der Waals surface area contributed by atoms with Gasteiger partial charge in [0.1, 0.15) is 0 Å². The Bertz CT molecular complexity index is 644. The molecule has 2 heterocycles. The molecule has 0 unspecified atom stereocenters. The maximum absolute atomic E-state index is 11.7. The molecule has 5 heteroatoms. The summed E-state index contributed by atoms with van der Waals surface area (Å²) in [6.45, 7) is 0. The van der Waals surface area contributed by atoms with Crippen LogP contribution in [0.3, 0.4) is 0 Å². The number of carboxylic acids is 1. The average Bonchev–Trinajstić information content (AvgIpc) is 2.82. The van der Waals surface area contributed by atoms with E-state index in [2.05, 4.69) is 20.9 Å². The first-order valence-electron chi connectivity index (χ1n) is 5.75. The Morgan fingerprint density at radius 3 is 2.68 bits per heavy atom. The average molecular weight is 320 g/mol. The van der Waals surface area contributed by atoms with E-state index in [1.807, 2.05) is 6.07 Å². The highest BCUT2D eigenvalue weighted by Gasteiger charge is 2.49. The molecule has 1 aliphatic heterocycles. The van der Waals surface area contributed by atoms with Gasteiger partial charge in [-0.2, -0.15) is 0 Å². The molecular weight excluding hydrogens is 310 g/mol. The van der Waals surface area contributed by atoms with Crippen LogP contribution in [0.2, 0.25) is 0 Å². The summed E-state index contributed by atoms with van der Waals surface area (Å²) in [6, 6.07) is 10.7. The number of carbonyl (C=O) groups is 1. The lowest BCUT2D eigenvalue weighted by molar-refractivity contribution is -0.154. The van der Waals surface area contributed by atoms with E-state index < -0.39 is 11.6 Å². The van der Waals surface area contributed by atoms with Crippen LogP contribution in [0.1, 0.15) is 11.1 Å².